The van der Waals surface area contributed by atoms with Crippen molar-refractivity contribution in [3.8, 4) is 0 Å². The molecule has 2 atom stereocenters. The zero-order valence-electron chi connectivity index (χ0n) is 12.5. The highest BCUT2D eigenvalue weighted by Crippen LogP contribution is 2.24. The summed E-state index contributed by atoms with van der Waals surface area (Å²) in [5.41, 5.74) is 6.74. The second-order valence-corrected chi connectivity index (χ2v) is 7.56. The van der Waals surface area contributed by atoms with Crippen LogP contribution in [0.25, 0.3) is 0 Å². The fourth-order valence-electron chi connectivity index (χ4n) is 2.85. The van der Waals surface area contributed by atoms with Gasteiger partial charge >= 0.3 is 0 Å². The average molecular weight is 311 g/mol. The van der Waals surface area contributed by atoms with E-state index in [0.29, 0.717) is 13.1 Å². The van der Waals surface area contributed by atoms with Crippen LogP contribution in [0, 0.1) is 5.92 Å². The Morgan fingerprint density at radius 1 is 1.24 bits per heavy atom. The third-order valence-electron chi connectivity index (χ3n) is 4.17. The highest BCUT2D eigenvalue weighted by molar-refractivity contribution is 7.87. The first-order chi connectivity index (χ1) is 10.0. The molecule has 1 fully saturated rings. The second kappa shape index (κ2) is 7.35. The van der Waals surface area contributed by atoms with Crippen molar-refractivity contribution in [1.82, 2.24) is 9.03 Å². The quantitative estimate of drug-likeness (QED) is 0.835. The highest BCUT2D eigenvalue weighted by Gasteiger charge is 2.29. The summed E-state index contributed by atoms with van der Waals surface area (Å²) in [5.74, 6) is 0.249. The molecule has 1 aliphatic carbocycles. The first-order valence-electron chi connectivity index (χ1n) is 7.50. The summed E-state index contributed by atoms with van der Waals surface area (Å²) in [7, 11) is -1.87. The van der Waals surface area contributed by atoms with Crippen LogP contribution in [0.5, 0.6) is 0 Å². The predicted octanol–water partition coefficient (Wildman–Crippen LogP) is 1.47. The third kappa shape index (κ3) is 4.51. The Morgan fingerprint density at radius 3 is 2.57 bits per heavy atom. The average Bonchev–Trinajstić information content (AvgIpc) is 2.48. The van der Waals surface area contributed by atoms with Gasteiger partial charge in [-0.05, 0) is 30.9 Å². The molecule has 0 radical (unpaired) electrons. The van der Waals surface area contributed by atoms with Gasteiger partial charge in [0.25, 0.3) is 10.2 Å². The molecule has 118 valence electrons. The minimum Gasteiger partial charge on any atom is -0.330 e. The van der Waals surface area contributed by atoms with Gasteiger partial charge < -0.3 is 5.73 Å². The normalized spacial score (nSPS) is 23.4. The maximum atomic E-state index is 12.4. The summed E-state index contributed by atoms with van der Waals surface area (Å²) in [4.78, 5) is 0. The molecule has 0 amide bonds. The van der Waals surface area contributed by atoms with Gasteiger partial charge in [0, 0.05) is 19.6 Å². The van der Waals surface area contributed by atoms with Gasteiger partial charge in [-0.3, -0.25) is 0 Å². The third-order valence-corrected chi connectivity index (χ3v) is 5.72. The van der Waals surface area contributed by atoms with Crippen molar-refractivity contribution >= 4 is 10.2 Å². The van der Waals surface area contributed by atoms with Gasteiger partial charge in [-0.25, -0.2) is 0 Å². The van der Waals surface area contributed by atoms with Crippen LogP contribution in [0.3, 0.4) is 0 Å². The van der Waals surface area contributed by atoms with E-state index in [0.717, 1.165) is 31.2 Å². The smallest absolute Gasteiger partial charge is 0.279 e. The second-order valence-electron chi connectivity index (χ2n) is 5.75. The zero-order chi connectivity index (χ0) is 15.3. The Hall–Kier alpha value is -0.950. The molecule has 0 bridgehead atoms. The molecular weight excluding hydrogens is 286 g/mol. The van der Waals surface area contributed by atoms with Gasteiger partial charge in [-0.2, -0.15) is 17.4 Å². The maximum Gasteiger partial charge on any atom is 0.279 e. The van der Waals surface area contributed by atoms with Crippen LogP contribution < -0.4 is 10.5 Å². The van der Waals surface area contributed by atoms with Gasteiger partial charge in [-0.1, -0.05) is 43.2 Å². The fourth-order valence-corrected chi connectivity index (χ4v) is 4.04. The van der Waals surface area contributed by atoms with Crippen LogP contribution in [0.1, 0.15) is 31.2 Å². The van der Waals surface area contributed by atoms with E-state index in [2.05, 4.69) is 4.72 Å². The number of hydrogen-bond donors (Lipinski definition) is 2. The van der Waals surface area contributed by atoms with E-state index >= 15 is 0 Å². The summed E-state index contributed by atoms with van der Waals surface area (Å²) in [6, 6.07) is 9.56. The first-order valence-corrected chi connectivity index (χ1v) is 8.94. The number of benzene rings is 1. The van der Waals surface area contributed by atoms with E-state index in [4.69, 9.17) is 5.73 Å². The molecule has 1 aromatic rings. The Labute approximate surface area is 127 Å². The molecule has 3 N–H and O–H groups in total. The zero-order valence-corrected chi connectivity index (χ0v) is 13.3. The summed E-state index contributed by atoms with van der Waals surface area (Å²) < 4.78 is 29.1. The van der Waals surface area contributed by atoms with Crippen molar-refractivity contribution in [2.24, 2.45) is 11.7 Å². The molecule has 21 heavy (non-hydrogen) atoms. The van der Waals surface area contributed by atoms with E-state index in [1.807, 2.05) is 30.3 Å². The highest BCUT2D eigenvalue weighted by atomic mass is 32.2. The van der Waals surface area contributed by atoms with Crippen molar-refractivity contribution in [2.75, 3.05) is 13.6 Å². The van der Waals surface area contributed by atoms with Gasteiger partial charge in [0.05, 0.1) is 0 Å². The molecule has 2 unspecified atom stereocenters. The molecule has 1 saturated carbocycles. The van der Waals surface area contributed by atoms with Crippen LogP contribution >= 0.6 is 0 Å². The number of nitrogens with two attached hydrogens (primary N) is 1. The number of rotatable bonds is 6. The first kappa shape index (κ1) is 16.4. The standard InChI is InChI=1S/C15H25N3O2S/c1-18(12-13-7-3-2-4-8-13)21(19,20)17-15-10-6-5-9-14(15)11-16/h2-4,7-8,14-15,17H,5-6,9-12,16H2,1H3. The molecule has 2 rings (SSSR count). The van der Waals surface area contributed by atoms with E-state index < -0.39 is 10.2 Å². The lowest BCUT2D eigenvalue weighted by Crippen LogP contribution is -2.49. The Kier molecular flexibility index (Phi) is 5.75. The molecule has 0 heterocycles. The van der Waals surface area contributed by atoms with Crippen molar-refractivity contribution in [1.29, 1.82) is 0 Å². The molecule has 0 aliphatic heterocycles. The topological polar surface area (TPSA) is 75.4 Å². The molecule has 0 spiro atoms. The molecule has 1 aliphatic rings. The van der Waals surface area contributed by atoms with Crippen LogP contribution in [-0.2, 0) is 16.8 Å². The van der Waals surface area contributed by atoms with Gasteiger partial charge in [0.1, 0.15) is 0 Å². The van der Waals surface area contributed by atoms with E-state index in [1.165, 1.54) is 4.31 Å². The van der Waals surface area contributed by atoms with Crippen LogP contribution in [-0.4, -0.2) is 32.4 Å². The lowest BCUT2D eigenvalue weighted by molar-refractivity contribution is 0.290. The lowest BCUT2D eigenvalue weighted by atomic mass is 9.85. The molecule has 0 aromatic heterocycles. The SMILES string of the molecule is CN(Cc1ccccc1)S(=O)(=O)NC1CCCCC1CN. The summed E-state index contributed by atoms with van der Waals surface area (Å²) in [6.45, 7) is 0.909. The number of hydrogen-bond acceptors (Lipinski definition) is 3. The van der Waals surface area contributed by atoms with Crippen LogP contribution in [0.15, 0.2) is 30.3 Å². The van der Waals surface area contributed by atoms with Crippen molar-refractivity contribution < 1.29 is 8.42 Å². The van der Waals surface area contributed by atoms with Crippen LogP contribution in [0.4, 0.5) is 0 Å². The van der Waals surface area contributed by atoms with Crippen molar-refractivity contribution in [3.05, 3.63) is 35.9 Å². The summed E-state index contributed by atoms with van der Waals surface area (Å²) in [5, 5.41) is 0. The molecule has 1 aromatic carbocycles. The predicted molar refractivity (Wildman–Crippen MR) is 84.8 cm³/mol. The maximum absolute atomic E-state index is 12.4. The number of nitrogens with one attached hydrogen (secondary N) is 1. The Balaban J connectivity index is 2.00. The molecule has 5 nitrogen and oxygen atoms in total. The lowest BCUT2D eigenvalue weighted by Gasteiger charge is -2.32. The largest absolute Gasteiger partial charge is 0.330 e. The minimum absolute atomic E-state index is 0.0352. The molecule has 6 heteroatoms. The Bertz CT molecular complexity index is 533. The molecular formula is C15H25N3O2S. The van der Waals surface area contributed by atoms with Crippen LogP contribution in [0.2, 0.25) is 0 Å². The van der Waals surface area contributed by atoms with Gasteiger partial charge in [0.2, 0.25) is 0 Å². The van der Waals surface area contributed by atoms with Gasteiger partial charge in [-0.15, -0.1) is 0 Å². The summed E-state index contributed by atoms with van der Waals surface area (Å²) in [6.07, 6.45) is 4.08. The summed E-state index contributed by atoms with van der Waals surface area (Å²) >= 11 is 0. The van der Waals surface area contributed by atoms with Crippen molar-refractivity contribution in [3.63, 3.8) is 0 Å². The number of nitrogens with zero attached hydrogens (tertiary/aromatic N) is 1. The Morgan fingerprint density at radius 2 is 1.90 bits per heavy atom. The minimum atomic E-state index is -3.47. The van der Waals surface area contributed by atoms with Crippen molar-refractivity contribution in [2.45, 2.75) is 38.3 Å². The fraction of sp³-hybridized carbons (Fsp3) is 0.600. The van der Waals surface area contributed by atoms with E-state index in [-0.39, 0.29) is 12.0 Å². The van der Waals surface area contributed by atoms with Gasteiger partial charge in [0.15, 0.2) is 0 Å². The van der Waals surface area contributed by atoms with E-state index in [1.54, 1.807) is 7.05 Å². The molecule has 0 saturated heterocycles. The monoisotopic (exact) mass is 311 g/mol. The van der Waals surface area contributed by atoms with E-state index in [9.17, 15) is 8.42 Å².